The molecule has 28 heavy (non-hydrogen) atoms. The highest BCUT2D eigenvalue weighted by molar-refractivity contribution is 6.35. The zero-order chi connectivity index (χ0) is 19.8. The molecule has 0 saturated carbocycles. The number of aromatic nitrogens is 2. The van der Waals surface area contributed by atoms with E-state index in [0.717, 1.165) is 29.7 Å². The molecule has 0 spiro atoms. The normalized spacial score (nSPS) is 14.9. The topological polar surface area (TPSA) is 55.1 Å². The van der Waals surface area contributed by atoms with Gasteiger partial charge in [-0.25, -0.2) is 13.9 Å². The minimum atomic E-state index is -1.08. The van der Waals surface area contributed by atoms with E-state index in [9.17, 15) is 14.3 Å². The molecule has 1 aromatic heterocycles. The summed E-state index contributed by atoms with van der Waals surface area (Å²) in [7, 11) is 0. The predicted molar refractivity (Wildman–Crippen MR) is 108 cm³/mol. The second-order valence-corrected chi connectivity index (χ2v) is 7.41. The minimum Gasteiger partial charge on any atom is -0.476 e. The second-order valence-electron chi connectivity index (χ2n) is 6.56. The van der Waals surface area contributed by atoms with Crippen molar-refractivity contribution in [1.82, 2.24) is 9.78 Å². The summed E-state index contributed by atoms with van der Waals surface area (Å²) in [6, 6.07) is 11.2. The van der Waals surface area contributed by atoms with Crippen LogP contribution in [0.15, 0.2) is 42.5 Å². The zero-order valence-corrected chi connectivity index (χ0v) is 16.1. The van der Waals surface area contributed by atoms with Crippen molar-refractivity contribution in [3.05, 3.63) is 80.8 Å². The van der Waals surface area contributed by atoms with Crippen molar-refractivity contribution in [1.29, 1.82) is 0 Å². The summed E-state index contributed by atoms with van der Waals surface area (Å²) in [6.07, 6.45) is 4.11. The summed E-state index contributed by atoms with van der Waals surface area (Å²) in [5, 5.41) is 14.8. The van der Waals surface area contributed by atoms with Crippen LogP contribution in [-0.2, 0) is 6.42 Å². The van der Waals surface area contributed by atoms with Gasteiger partial charge in [0.2, 0.25) is 0 Å². The third kappa shape index (κ3) is 3.43. The first kappa shape index (κ1) is 18.7. The molecule has 0 amide bonds. The minimum absolute atomic E-state index is 0.0192. The van der Waals surface area contributed by atoms with E-state index in [0.29, 0.717) is 27.7 Å². The fourth-order valence-corrected chi connectivity index (χ4v) is 3.98. The van der Waals surface area contributed by atoms with Gasteiger partial charge in [0.25, 0.3) is 0 Å². The number of hydrogen-bond donors (Lipinski definition) is 1. The van der Waals surface area contributed by atoms with Crippen LogP contribution in [0.4, 0.5) is 4.39 Å². The maximum atomic E-state index is 13.2. The highest BCUT2D eigenvalue weighted by atomic mass is 35.5. The molecule has 3 aromatic rings. The Morgan fingerprint density at radius 3 is 2.57 bits per heavy atom. The van der Waals surface area contributed by atoms with Gasteiger partial charge in [0.05, 0.1) is 16.4 Å². The monoisotopic (exact) mass is 416 g/mol. The van der Waals surface area contributed by atoms with E-state index in [-0.39, 0.29) is 11.5 Å². The molecule has 0 atom stereocenters. The van der Waals surface area contributed by atoms with Crippen molar-refractivity contribution in [2.75, 3.05) is 0 Å². The molecule has 0 aliphatic heterocycles. The Hall–Kier alpha value is -2.63. The van der Waals surface area contributed by atoms with E-state index in [1.54, 1.807) is 35.0 Å². The van der Waals surface area contributed by atoms with E-state index in [4.69, 9.17) is 23.2 Å². The lowest BCUT2D eigenvalue weighted by Crippen LogP contribution is -2.08. The number of carboxylic acid groups (broad SMARTS) is 1. The molecule has 1 aliphatic carbocycles. The highest BCUT2D eigenvalue weighted by Crippen LogP contribution is 2.37. The fourth-order valence-electron chi connectivity index (χ4n) is 3.49. The van der Waals surface area contributed by atoms with E-state index < -0.39 is 5.97 Å². The Labute approximate surface area is 170 Å². The lowest BCUT2D eigenvalue weighted by atomic mass is 9.90. The van der Waals surface area contributed by atoms with Gasteiger partial charge in [-0.2, -0.15) is 5.10 Å². The fraction of sp³-hybridized carbons (Fsp3) is 0.143. The SMILES string of the molecule is O=C(O)c1nn(-c2ccc(Cl)cc2Cl)c2c1CCCC2=Cc1ccc(F)cc1. The maximum Gasteiger partial charge on any atom is 0.356 e. The average Bonchev–Trinajstić information content (AvgIpc) is 3.04. The van der Waals surface area contributed by atoms with E-state index in [2.05, 4.69) is 5.10 Å². The molecule has 4 nitrogen and oxygen atoms in total. The number of carbonyl (C=O) groups is 1. The van der Waals surface area contributed by atoms with Gasteiger partial charge >= 0.3 is 5.97 Å². The average molecular weight is 417 g/mol. The van der Waals surface area contributed by atoms with Gasteiger partial charge in [0.1, 0.15) is 5.82 Å². The summed E-state index contributed by atoms with van der Waals surface area (Å²) >= 11 is 12.4. The number of allylic oxidation sites excluding steroid dienone is 1. The third-order valence-electron chi connectivity index (χ3n) is 4.71. The molecule has 142 valence electrons. The van der Waals surface area contributed by atoms with Gasteiger partial charge in [0, 0.05) is 10.6 Å². The number of fused-ring (bicyclic) bond motifs is 1. The summed E-state index contributed by atoms with van der Waals surface area (Å²) in [4.78, 5) is 11.8. The van der Waals surface area contributed by atoms with Gasteiger partial charge in [-0.15, -0.1) is 0 Å². The number of halogens is 3. The molecular formula is C21H15Cl2FN2O2. The van der Waals surface area contributed by atoms with Crippen molar-refractivity contribution >= 4 is 40.8 Å². The maximum absolute atomic E-state index is 13.2. The van der Waals surface area contributed by atoms with Gasteiger partial charge in [-0.05, 0) is 66.8 Å². The predicted octanol–water partition coefficient (Wildman–Crippen LogP) is 5.89. The van der Waals surface area contributed by atoms with E-state index in [1.165, 1.54) is 12.1 Å². The summed E-state index contributed by atoms with van der Waals surface area (Å²) in [5.41, 5.74) is 3.73. The quantitative estimate of drug-likeness (QED) is 0.578. The molecule has 0 saturated heterocycles. The molecule has 0 bridgehead atoms. The second kappa shape index (κ2) is 7.41. The van der Waals surface area contributed by atoms with Gasteiger partial charge < -0.3 is 5.11 Å². The van der Waals surface area contributed by atoms with Crippen LogP contribution in [0.2, 0.25) is 10.0 Å². The number of rotatable bonds is 3. The van der Waals surface area contributed by atoms with Crippen LogP contribution < -0.4 is 0 Å². The van der Waals surface area contributed by atoms with Gasteiger partial charge in [-0.3, -0.25) is 0 Å². The summed E-state index contributed by atoms with van der Waals surface area (Å²) in [6.45, 7) is 0. The Balaban J connectivity index is 1.94. The molecule has 0 radical (unpaired) electrons. The number of benzene rings is 2. The van der Waals surface area contributed by atoms with Crippen LogP contribution in [0.25, 0.3) is 17.3 Å². The standard InChI is InChI=1S/C21H15Cl2FN2O2/c22-14-6-9-18(17(23)11-14)26-20-13(10-12-4-7-15(24)8-5-12)2-1-3-16(20)19(25-26)21(27)28/h4-11H,1-3H2,(H,27,28). The van der Waals surface area contributed by atoms with E-state index >= 15 is 0 Å². The Bertz CT molecular complexity index is 1100. The molecule has 2 aromatic carbocycles. The van der Waals surface area contributed by atoms with Gasteiger partial charge in [0.15, 0.2) is 5.69 Å². The molecule has 1 N–H and O–H groups in total. The number of hydrogen-bond acceptors (Lipinski definition) is 2. The van der Waals surface area contributed by atoms with Crippen molar-refractivity contribution in [2.45, 2.75) is 19.3 Å². The molecule has 7 heteroatoms. The van der Waals surface area contributed by atoms with Gasteiger partial charge in [-0.1, -0.05) is 35.3 Å². The van der Waals surface area contributed by atoms with Crippen molar-refractivity contribution in [3.63, 3.8) is 0 Å². The number of nitrogens with zero attached hydrogens (tertiary/aromatic N) is 2. The van der Waals surface area contributed by atoms with Crippen LogP contribution >= 0.6 is 23.2 Å². The third-order valence-corrected chi connectivity index (χ3v) is 5.25. The van der Waals surface area contributed by atoms with Crippen LogP contribution in [0.3, 0.4) is 0 Å². The molecule has 4 rings (SSSR count). The molecule has 0 fully saturated rings. The molecule has 1 aliphatic rings. The lowest BCUT2D eigenvalue weighted by Gasteiger charge is -2.19. The van der Waals surface area contributed by atoms with Crippen LogP contribution in [0.1, 0.15) is 40.2 Å². The van der Waals surface area contributed by atoms with Crippen LogP contribution in [0.5, 0.6) is 0 Å². The largest absolute Gasteiger partial charge is 0.476 e. The van der Waals surface area contributed by atoms with Crippen LogP contribution in [-0.4, -0.2) is 20.9 Å². The Morgan fingerprint density at radius 1 is 1.14 bits per heavy atom. The zero-order valence-electron chi connectivity index (χ0n) is 14.6. The lowest BCUT2D eigenvalue weighted by molar-refractivity contribution is 0.0688. The van der Waals surface area contributed by atoms with Crippen molar-refractivity contribution < 1.29 is 14.3 Å². The Morgan fingerprint density at radius 2 is 1.89 bits per heavy atom. The smallest absolute Gasteiger partial charge is 0.356 e. The van der Waals surface area contributed by atoms with Crippen molar-refractivity contribution in [2.24, 2.45) is 0 Å². The first-order chi connectivity index (χ1) is 13.4. The van der Waals surface area contributed by atoms with Crippen LogP contribution in [0, 0.1) is 5.82 Å². The first-order valence-corrected chi connectivity index (χ1v) is 9.47. The molecule has 1 heterocycles. The molecule has 0 unspecified atom stereocenters. The highest BCUT2D eigenvalue weighted by Gasteiger charge is 2.28. The Kier molecular flexibility index (Phi) is 4.96. The number of aromatic carboxylic acids is 1. The van der Waals surface area contributed by atoms with Crippen molar-refractivity contribution in [3.8, 4) is 5.69 Å². The first-order valence-electron chi connectivity index (χ1n) is 8.71. The summed E-state index contributed by atoms with van der Waals surface area (Å²) in [5.74, 6) is -1.39. The van der Waals surface area contributed by atoms with E-state index in [1.807, 2.05) is 6.08 Å². The molecular weight excluding hydrogens is 402 g/mol. The summed E-state index contributed by atoms with van der Waals surface area (Å²) < 4.78 is 14.8. The number of carboxylic acids is 1.